The van der Waals surface area contributed by atoms with Gasteiger partial charge in [-0.15, -0.1) is 0 Å². The number of aromatic nitrogens is 4. The lowest BCUT2D eigenvalue weighted by molar-refractivity contribution is 0.0595. The molecule has 0 spiro atoms. The topological polar surface area (TPSA) is 103 Å². The highest BCUT2D eigenvalue weighted by molar-refractivity contribution is 5.96. The molecule has 0 saturated carbocycles. The first-order chi connectivity index (χ1) is 16.5. The van der Waals surface area contributed by atoms with E-state index in [2.05, 4.69) is 20.6 Å². The molecular weight excluding hydrogens is 432 g/mol. The predicted molar refractivity (Wildman–Crippen MR) is 129 cm³/mol. The Morgan fingerprint density at radius 2 is 2.03 bits per heavy atom. The summed E-state index contributed by atoms with van der Waals surface area (Å²) in [4.78, 5) is 26.5. The molecule has 3 heterocycles. The van der Waals surface area contributed by atoms with E-state index in [-0.39, 0.29) is 11.7 Å². The Labute approximate surface area is 197 Å². The number of benzene rings is 2. The minimum Gasteiger partial charge on any atom is -0.464 e. The monoisotopic (exact) mass is 458 g/mol. The Morgan fingerprint density at radius 3 is 2.76 bits per heavy atom. The van der Waals surface area contributed by atoms with Crippen LogP contribution in [0.15, 0.2) is 48.8 Å². The summed E-state index contributed by atoms with van der Waals surface area (Å²) in [6, 6.07) is 14.0. The van der Waals surface area contributed by atoms with Crippen LogP contribution in [0.5, 0.6) is 0 Å². The number of carbonyl (C=O) groups excluding carboxylic acids is 1. The number of anilines is 2. The highest BCUT2D eigenvalue weighted by Gasteiger charge is 2.22. The lowest BCUT2D eigenvalue weighted by atomic mass is 10.1. The van der Waals surface area contributed by atoms with Crippen LogP contribution in [-0.4, -0.2) is 52.4 Å². The van der Waals surface area contributed by atoms with E-state index in [1.165, 1.54) is 7.11 Å². The van der Waals surface area contributed by atoms with Crippen molar-refractivity contribution >= 4 is 28.5 Å². The number of hydrogen-bond acceptors (Lipinski definition) is 8. The van der Waals surface area contributed by atoms with Gasteiger partial charge >= 0.3 is 5.97 Å². The number of ether oxygens (including phenoxy) is 2. The standard InChI is InChI=1S/C25H26N6O3/c1-15-21(18-5-4-6-20-22(18)27-14-31(20)2)30-23(25(32)33-3)24(28-15)29-17-9-7-16(8-10-17)19-13-34-12-11-26-19/h4-10,14,19,26H,11-13H2,1-3H3,(H,28,29). The first-order valence-corrected chi connectivity index (χ1v) is 11.1. The molecule has 1 fully saturated rings. The number of imidazole rings is 1. The number of methoxy groups -OCH3 is 1. The maximum absolute atomic E-state index is 12.6. The molecule has 174 valence electrons. The molecule has 34 heavy (non-hydrogen) atoms. The van der Waals surface area contributed by atoms with Crippen LogP contribution in [0.1, 0.15) is 27.8 Å². The molecule has 9 heteroatoms. The third-order valence-corrected chi connectivity index (χ3v) is 5.96. The van der Waals surface area contributed by atoms with Crippen molar-refractivity contribution in [2.75, 3.05) is 32.2 Å². The summed E-state index contributed by atoms with van der Waals surface area (Å²) >= 11 is 0. The quantitative estimate of drug-likeness (QED) is 0.438. The second kappa shape index (κ2) is 9.20. The van der Waals surface area contributed by atoms with Gasteiger partial charge in [0.25, 0.3) is 0 Å². The smallest absolute Gasteiger partial charge is 0.360 e. The van der Waals surface area contributed by atoms with Gasteiger partial charge in [-0.3, -0.25) is 0 Å². The van der Waals surface area contributed by atoms with Crippen molar-refractivity contribution in [2.45, 2.75) is 13.0 Å². The summed E-state index contributed by atoms with van der Waals surface area (Å²) in [5.74, 6) is -0.224. The molecule has 0 radical (unpaired) electrons. The fraction of sp³-hybridized carbons (Fsp3) is 0.280. The average molecular weight is 459 g/mol. The third kappa shape index (κ3) is 4.11. The van der Waals surface area contributed by atoms with Gasteiger partial charge in [-0.2, -0.15) is 0 Å². The molecule has 2 N–H and O–H groups in total. The predicted octanol–water partition coefficient (Wildman–Crippen LogP) is 3.53. The molecule has 2 aromatic heterocycles. The number of para-hydroxylation sites is 1. The molecule has 1 aliphatic heterocycles. The zero-order chi connectivity index (χ0) is 23.7. The molecule has 1 aliphatic rings. The molecule has 0 amide bonds. The van der Waals surface area contributed by atoms with Crippen LogP contribution in [0.4, 0.5) is 11.5 Å². The summed E-state index contributed by atoms with van der Waals surface area (Å²) in [7, 11) is 3.27. The molecular formula is C25H26N6O3. The van der Waals surface area contributed by atoms with Gasteiger partial charge in [0.2, 0.25) is 0 Å². The van der Waals surface area contributed by atoms with E-state index in [0.29, 0.717) is 23.8 Å². The highest BCUT2D eigenvalue weighted by atomic mass is 16.5. The first kappa shape index (κ1) is 22.0. The minimum atomic E-state index is -0.565. The van der Waals surface area contributed by atoms with Crippen molar-refractivity contribution in [3.63, 3.8) is 0 Å². The van der Waals surface area contributed by atoms with Crippen molar-refractivity contribution in [3.8, 4) is 11.3 Å². The van der Waals surface area contributed by atoms with Crippen LogP contribution >= 0.6 is 0 Å². The molecule has 1 saturated heterocycles. The summed E-state index contributed by atoms with van der Waals surface area (Å²) < 4.78 is 12.5. The van der Waals surface area contributed by atoms with E-state index >= 15 is 0 Å². The summed E-state index contributed by atoms with van der Waals surface area (Å²) in [6.07, 6.45) is 1.76. The average Bonchev–Trinajstić information content (AvgIpc) is 3.26. The van der Waals surface area contributed by atoms with E-state index in [4.69, 9.17) is 14.5 Å². The van der Waals surface area contributed by atoms with Crippen molar-refractivity contribution in [2.24, 2.45) is 7.05 Å². The van der Waals surface area contributed by atoms with E-state index in [0.717, 1.165) is 41.0 Å². The van der Waals surface area contributed by atoms with Gasteiger partial charge in [0.05, 0.1) is 55.1 Å². The van der Waals surface area contributed by atoms with Crippen molar-refractivity contribution in [3.05, 3.63) is 65.7 Å². The molecule has 4 aromatic rings. The number of nitrogens with zero attached hydrogens (tertiary/aromatic N) is 4. The van der Waals surface area contributed by atoms with Crippen LogP contribution in [-0.2, 0) is 16.5 Å². The third-order valence-electron chi connectivity index (χ3n) is 5.96. The number of hydrogen-bond donors (Lipinski definition) is 2. The van der Waals surface area contributed by atoms with Crippen LogP contribution in [0.3, 0.4) is 0 Å². The summed E-state index contributed by atoms with van der Waals surface area (Å²) in [5.41, 5.74) is 5.89. The summed E-state index contributed by atoms with van der Waals surface area (Å²) in [5, 5.41) is 6.68. The number of esters is 1. The summed E-state index contributed by atoms with van der Waals surface area (Å²) in [6.45, 7) is 4.08. The first-order valence-electron chi connectivity index (χ1n) is 11.1. The van der Waals surface area contributed by atoms with Gasteiger partial charge in [0.1, 0.15) is 0 Å². The van der Waals surface area contributed by atoms with E-state index in [1.807, 2.05) is 61.0 Å². The molecule has 9 nitrogen and oxygen atoms in total. The number of morpholine rings is 1. The zero-order valence-corrected chi connectivity index (χ0v) is 19.3. The molecule has 0 bridgehead atoms. The number of carbonyl (C=O) groups is 1. The van der Waals surface area contributed by atoms with Gasteiger partial charge < -0.3 is 24.7 Å². The van der Waals surface area contributed by atoms with Crippen molar-refractivity contribution in [1.29, 1.82) is 0 Å². The molecule has 2 aromatic carbocycles. The van der Waals surface area contributed by atoms with Crippen molar-refractivity contribution in [1.82, 2.24) is 24.8 Å². The lowest BCUT2D eigenvalue weighted by Crippen LogP contribution is -2.34. The maximum atomic E-state index is 12.6. The lowest BCUT2D eigenvalue weighted by Gasteiger charge is -2.24. The number of aryl methyl sites for hydroxylation is 2. The van der Waals surface area contributed by atoms with Gasteiger partial charge in [0.15, 0.2) is 11.5 Å². The van der Waals surface area contributed by atoms with Gasteiger partial charge in [0, 0.05) is 24.8 Å². The van der Waals surface area contributed by atoms with Crippen LogP contribution in [0.2, 0.25) is 0 Å². The Kier molecular flexibility index (Phi) is 5.95. The van der Waals surface area contributed by atoms with Gasteiger partial charge in [-0.05, 0) is 30.7 Å². The Bertz CT molecular complexity index is 1340. The Hall–Kier alpha value is -3.82. The van der Waals surface area contributed by atoms with Gasteiger partial charge in [-0.1, -0.05) is 24.3 Å². The van der Waals surface area contributed by atoms with Crippen LogP contribution in [0.25, 0.3) is 22.3 Å². The fourth-order valence-corrected chi connectivity index (χ4v) is 4.16. The van der Waals surface area contributed by atoms with Gasteiger partial charge in [-0.25, -0.2) is 19.7 Å². The normalized spacial score (nSPS) is 15.9. The fourth-order valence-electron chi connectivity index (χ4n) is 4.16. The van der Waals surface area contributed by atoms with E-state index in [1.54, 1.807) is 6.33 Å². The number of rotatable bonds is 5. The van der Waals surface area contributed by atoms with Crippen molar-refractivity contribution < 1.29 is 14.3 Å². The van der Waals surface area contributed by atoms with E-state index in [9.17, 15) is 4.79 Å². The van der Waals surface area contributed by atoms with E-state index < -0.39 is 5.97 Å². The largest absolute Gasteiger partial charge is 0.464 e. The highest BCUT2D eigenvalue weighted by Crippen LogP contribution is 2.30. The molecule has 1 unspecified atom stereocenters. The number of fused-ring (bicyclic) bond motifs is 1. The number of nitrogens with one attached hydrogen (secondary N) is 2. The zero-order valence-electron chi connectivity index (χ0n) is 19.3. The minimum absolute atomic E-state index is 0.113. The van der Waals surface area contributed by atoms with Crippen LogP contribution in [0, 0.1) is 6.92 Å². The molecule has 0 aliphatic carbocycles. The molecule has 1 atom stereocenters. The Balaban J connectivity index is 1.50. The molecule has 5 rings (SSSR count). The Morgan fingerprint density at radius 1 is 1.21 bits per heavy atom. The van der Waals surface area contributed by atoms with Crippen LogP contribution < -0.4 is 10.6 Å². The maximum Gasteiger partial charge on any atom is 0.360 e. The second-order valence-electron chi connectivity index (χ2n) is 8.20. The second-order valence-corrected chi connectivity index (χ2v) is 8.20. The SMILES string of the molecule is COC(=O)c1nc(-c2cccc3c2ncn3C)c(C)nc1Nc1ccc(C2COCCN2)cc1.